The second-order valence-corrected chi connectivity index (χ2v) is 4.89. The average molecular weight is 264 g/mol. The second kappa shape index (κ2) is 6.65. The zero-order chi connectivity index (χ0) is 13.7. The molecule has 0 aliphatic carbocycles. The highest BCUT2D eigenvalue weighted by Crippen LogP contribution is 2.16. The van der Waals surface area contributed by atoms with E-state index < -0.39 is 5.97 Å². The number of morpholine rings is 1. The maximum absolute atomic E-state index is 10.8. The topological polar surface area (TPSA) is 75.8 Å². The lowest BCUT2D eigenvalue weighted by Crippen LogP contribution is -2.50. The smallest absolute Gasteiger partial charge is 0.306 e. The number of rotatable bonds is 5. The molecule has 1 fully saturated rings. The standard InChI is InChI=1S/C14H20N2O3/c15-7-13-10-16(8-11-4-2-1-3-5-11)9-12(19-13)6-14(17)18/h1-5,12-13H,6-10,15H2,(H,17,18)/t12-,13+/m0/s1. The van der Waals surface area contributed by atoms with E-state index in [0.717, 1.165) is 13.1 Å². The molecule has 104 valence electrons. The normalized spacial score (nSPS) is 24.3. The molecule has 1 aliphatic heterocycles. The minimum atomic E-state index is -0.831. The Morgan fingerprint density at radius 2 is 2.00 bits per heavy atom. The number of benzene rings is 1. The predicted octanol–water partition coefficient (Wildman–Crippen LogP) is 0.689. The van der Waals surface area contributed by atoms with Crippen molar-refractivity contribution in [3.8, 4) is 0 Å². The van der Waals surface area contributed by atoms with Gasteiger partial charge in [-0.05, 0) is 5.56 Å². The van der Waals surface area contributed by atoms with Crippen LogP contribution in [0.3, 0.4) is 0 Å². The fraction of sp³-hybridized carbons (Fsp3) is 0.500. The third-order valence-electron chi connectivity index (χ3n) is 3.22. The molecule has 1 aromatic carbocycles. The van der Waals surface area contributed by atoms with Crippen LogP contribution in [0, 0.1) is 0 Å². The average Bonchev–Trinajstić information content (AvgIpc) is 2.38. The van der Waals surface area contributed by atoms with Gasteiger partial charge in [-0.15, -0.1) is 0 Å². The molecule has 2 atom stereocenters. The third kappa shape index (κ3) is 4.31. The van der Waals surface area contributed by atoms with Crippen molar-refractivity contribution >= 4 is 5.97 Å². The zero-order valence-corrected chi connectivity index (χ0v) is 10.9. The summed E-state index contributed by atoms with van der Waals surface area (Å²) in [7, 11) is 0. The first-order valence-corrected chi connectivity index (χ1v) is 6.51. The van der Waals surface area contributed by atoms with Crippen molar-refractivity contribution in [3.05, 3.63) is 35.9 Å². The van der Waals surface area contributed by atoms with Gasteiger partial charge in [-0.25, -0.2) is 0 Å². The molecule has 1 heterocycles. The summed E-state index contributed by atoms with van der Waals surface area (Å²) < 4.78 is 5.67. The van der Waals surface area contributed by atoms with Crippen LogP contribution in [-0.4, -0.2) is 47.8 Å². The number of carboxylic acids is 1. The number of carboxylic acid groups (broad SMARTS) is 1. The number of hydrogen-bond donors (Lipinski definition) is 2. The summed E-state index contributed by atoms with van der Waals surface area (Å²) >= 11 is 0. The monoisotopic (exact) mass is 264 g/mol. The molecule has 1 aliphatic rings. The van der Waals surface area contributed by atoms with Gasteiger partial charge in [0.1, 0.15) is 0 Å². The van der Waals surface area contributed by atoms with E-state index in [4.69, 9.17) is 15.6 Å². The fourth-order valence-corrected chi connectivity index (χ4v) is 2.42. The molecular weight excluding hydrogens is 244 g/mol. The van der Waals surface area contributed by atoms with E-state index >= 15 is 0 Å². The number of carbonyl (C=O) groups is 1. The summed E-state index contributed by atoms with van der Waals surface area (Å²) in [5.41, 5.74) is 6.87. The lowest BCUT2D eigenvalue weighted by atomic mass is 10.1. The van der Waals surface area contributed by atoms with Crippen molar-refractivity contribution in [2.45, 2.75) is 25.2 Å². The summed E-state index contributed by atoms with van der Waals surface area (Å²) in [6.07, 6.45) is -0.327. The number of aliphatic carboxylic acids is 1. The number of hydrogen-bond acceptors (Lipinski definition) is 4. The van der Waals surface area contributed by atoms with Gasteiger partial charge >= 0.3 is 5.97 Å². The summed E-state index contributed by atoms with van der Waals surface area (Å²) in [5.74, 6) is -0.831. The molecule has 3 N–H and O–H groups in total. The minimum absolute atomic E-state index is 0.0296. The quantitative estimate of drug-likeness (QED) is 0.818. The van der Waals surface area contributed by atoms with Crippen LogP contribution in [0.4, 0.5) is 0 Å². The SMILES string of the molecule is NC[C@@H]1CN(Cc2ccccc2)C[C@H](CC(=O)O)O1. The molecule has 0 radical (unpaired) electrons. The molecule has 0 amide bonds. The Hall–Kier alpha value is -1.43. The Morgan fingerprint density at radius 1 is 1.32 bits per heavy atom. The number of ether oxygens (including phenoxy) is 1. The summed E-state index contributed by atoms with van der Waals surface area (Å²) in [6, 6.07) is 10.1. The molecule has 19 heavy (non-hydrogen) atoms. The molecule has 0 saturated carbocycles. The van der Waals surface area contributed by atoms with E-state index in [-0.39, 0.29) is 18.6 Å². The summed E-state index contributed by atoms with van der Waals surface area (Å²) in [4.78, 5) is 13.0. The van der Waals surface area contributed by atoms with Crippen LogP contribution in [-0.2, 0) is 16.1 Å². The number of nitrogens with zero attached hydrogens (tertiary/aromatic N) is 1. The van der Waals surface area contributed by atoms with Crippen molar-refractivity contribution in [2.75, 3.05) is 19.6 Å². The molecule has 5 nitrogen and oxygen atoms in total. The second-order valence-electron chi connectivity index (χ2n) is 4.89. The molecule has 5 heteroatoms. The molecule has 0 unspecified atom stereocenters. The van der Waals surface area contributed by atoms with Gasteiger partial charge in [-0.2, -0.15) is 0 Å². The van der Waals surface area contributed by atoms with Crippen LogP contribution in [0.2, 0.25) is 0 Å². The molecule has 0 spiro atoms. The molecule has 0 aromatic heterocycles. The lowest BCUT2D eigenvalue weighted by molar-refractivity contribution is -0.145. The highest BCUT2D eigenvalue weighted by Gasteiger charge is 2.28. The van der Waals surface area contributed by atoms with Crippen molar-refractivity contribution in [1.29, 1.82) is 0 Å². The minimum Gasteiger partial charge on any atom is -0.481 e. The van der Waals surface area contributed by atoms with Crippen molar-refractivity contribution in [2.24, 2.45) is 5.73 Å². The van der Waals surface area contributed by atoms with Crippen LogP contribution in [0.5, 0.6) is 0 Å². The van der Waals surface area contributed by atoms with Gasteiger partial charge in [0, 0.05) is 26.2 Å². The molecular formula is C14H20N2O3. The molecule has 0 bridgehead atoms. The Labute approximate surface area is 113 Å². The van der Waals surface area contributed by atoms with E-state index in [1.807, 2.05) is 18.2 Å². The van der Waals surface area contributed by atoms with Crippen molar-refractivity contribution in [3.63, 3.8) is 0 Å². The van der Waals surface area contributed by atoms with Gasteiger partial charge in [0.05, 0.1) is 18.6 Å². The highest BCUT2D eigenvalue weighted by atomic mass is 16.5. The van der Waals surface area contributed by atoms with Crippen molar-refractivity contribution < 1.29 is 14.6 Å². The van der Waals surface area contributed by atoms with E-state index in [0.29, 0.717) is 13.1 Å². The maximum atomic E-state index is 10.8. The molecule has 2 rings (SSSR count). The Kier molecular flexibility index (Phi) is 4.90. The molecule has 1 saturated heterocycles. The largest absolute Gasteiger partial charge is 0.481 e. The van der Waals surface area contributed by atoms with Crippen molar-refractivity contribution in [1.82, 2.24) is 4.90 Å². The van der Waals surface area contributed by atoms with Crippen LogP contribution in [0.25, 0.3) is 0 Å². The van der Waals surface area contributed by atoms with E-state index in [9.17, 15) is 4.79 Å². The highest BCUT2D eigenvalue weighted by molar-refractivity contribution is 5.67. The fourth-order valence-electron chi connectivity index (χ4n) is 2.42. The Balaban J connectivity index is 1.97. The summed E-state index contributed by atoms with van der Waals surface area (Å²) in [5, 5.41) is 8.87. The number of nitrogens with two attached hydrogens (primary N) is 1. The summed E-state index contributed by atoms with van der Waals surface area (Å²) in [6.45, 7) is 2.61. The maximum Gasteiger partial charge on any atom is 0.306 e. The van der Waals surface area contributed by atoms with Crippen LogP contribution in [0.15, 0.2) is 30.3 Å². The first kappa shape index (κ1) is 14.0. The zero-order valence-electron chi connectivity index (χ0n) is 10.9. The first-order valence-electron chi connectivity index (χ1n) is 6.51. The Morgan fingerprint density at radius 3 is 2.63 bits per heavy atom. The van der Waals surface area contributed by atoms with Gasteiger partial charge in [0.25, 0.3) is 0 Å². The lowest BCUT2D eigenvalue weighted by Gasteiger charge is -2.37. The third-order valence-corrected chi connectivity index (χ3v) is 3.22. The van der Waals surface area contributed by atoms with Gasteiger partial charge < -0.3 is 15.6 Å². The van der Waals surface area contributed by atoms with Crippen LogP contribution in [0.1, 0.15) is 12.0 Å². The van der Waals surface area contributed by atoms with E-state index in [2.05, 4.69) is 17.0 Å². The van der Waals surface area contributed by atoms with E-state index in [1.54, 1.807) is 0 Å². The first-order chi connectivity index (χ1) is 9.17. The predicted molar refractivity (Wildman–Crippen MR) is 71.7 cm³/mol. The van der Waals surface area contributed by atoms with Gasteiger partial charge in [-0.1, -0.05) is 30.3 Å². The molecule has 1 aromatic rings. The van der Waals surface area contributed by atoms with Crippen LogP contribution < -0.4 is 5.73 Å². The van der Waals surface area contributed by atoms with E-state index in [1.165, 1.54) is 5.56 Å². The van der Waals surface area contributed by atoms with Gasteiger partial charge in [0.15, 0.2) is 0 Å². The van der Waals surface area contributed by atoms with Crippen LogP contribution >= 0.6 is 0 Å². The Bertz CT molecular complexity index is 410. The van der Waals surface area contributed by atoms with Gasteiger partial charge in [0.2, 0.25) is 0 Å². The van der Waals surface area contributed by atoms with Gasteiger partial charge in [-0.3, -0.25) is 9.69 Å².